The molecule has 138 valence electrons. The molecule has 0 N–H and O–H groups in total. The number of benzene rings is 2. The Hall–Kier alpha value is -2.17. The number of Topliss-reactive ketones (excluding diaryl/α,β-unsaturated/α-hetero) is 2. The van der Waals surface area contributed by atoms with Crippen molar-refractivity contribution in [2.75, 3.05) is 4.90 Å². The SMILES string of the molecule is CC1(C(=O)C2C(=O)C(=O)N(c3cccc(Cl)c3)C2c2ccc(Cl)cc2)CC1. The van der Waals surface area contributed by atoms with Crippen molar-refractivity contribution in [1.29, 1.82) is 0 Å². The minimum absolute atomic E-state index is 0.162. The molecule has 2 aromatic rings. The number of ketones is 2. The Balaban J connectivity index is 1.86. The third-order valence-electron chi connectivity index (χ3n) is 5.48. The molecule has 2 aromatic carbocycles. The minimum Gasteiger partial charge on any atom is -0.298 e. The van der Waals surface area contributed by atoms with Crippen LogP contribution in [0.15, 0.2) is 48.5 Å². The van der Waals surface area contributed by atoms with Crippen LogP contribution >= 0.6 is 23.2 Å². The average molecular weight is 402 g/mol. The maximum Gasteiger partial charge on any atom is 0.295 e. The number of hydrogen-bond acceptors (Lipinski definition) is 3. The summed E-state index contributed by atoms with van der Waals surface area (Å²) < 4.78 is 0. The molecule has 4 rings (SSSR count). The summed E-state index contributed by atoms with van der Waals surface area (Å²) >= 11 is 12.1. The highest BCUT2D eigenvalue weighted by atomic mass is 35.5. The van der Waals surface area contributed by atoms with Gasteiger partial charge < -0.3 is 0 Å². The van der Waals surface area contributed by atoms with E-state index >= 15 is 0 Å². The fourth-order valence-corrected chi connectivity index (χ4v) is 3.96. The van der Waals surface area contributed by atoms with Crippen molar-refractivity contribution in [3.05, 3.63) is 64.1 Å². The van der Waals surface area contributed by atoms with E-state index in [4.69, 9.17) is 23.2 Å². The van der Waals surface area contributed by atoms with Crippen molar-refractivity contribution in [3.8, 4) is 0 Å². The predicted octanol–water partition coefficient (Wildman–Crippen LogP) is 4.64. The van der Waals surface area contributed by atoms with Crippen molar-refractivity contribution in [1.82, 2.24) is 0 Å². The summed E-state index contributed by atoms with van der Waals surface area (Å²) in [6.07, 6.45) is 1.49. The highest BCUT2D eigenvalue weighted by molar-refractivity contribution is 6.48. The van der Waals surface area contributed by atoms with E-state index in [1.165, 1.54) is 4.90 Å². The van der Waals surface area contributed by atoms with Crippen LogP contribution < -0.4 is 4.90 Å². The molecule has 2 fully saturated rings. The Bertz CT molecular complexity index is 950. The molecule has 2 aliphatic rings. The maximum absolute atomic E-state index is 13.1. The summed E-state index contributed by atoms with van der Waals surface area (Å²) in [5.74, 6) is -2.52. The predicted molar refractivity (Wildman–Crippen MR) is 104 cm³/mol. The summed E-state index contributed by atoms with van der Waals surface area (Å²) in [7, 11) is 0. The zero-order chi connectivity index (χ0) is 19.3. The van der Waals surface area contributed by atoms with Crippen molar-refractivity contribution in [3.63, 3.8) is 0 Å². The van der Waals surface area contributed by atoms with Crippen LogP contribution in [0.3, 0.4) is 0 Å². The molecule has 0 bridgehead atoms. The molecular weight excluding hydrogens is 385 g/mol. The Kier molecular flexibility index (Phi) is 4.36. The molecule has 2 atom stereocenters. The van der Waals surface area contributed by atoms with Crippen LogP contribution in [0.1, 0.15) is 31.4 Å². The fourth-order valence-electron chi connectivity index (χ4n) is 3.65. The first-order valence-corrected chi connectivity index (χ1v) is 9.50. The van der Waals surface area contributed by atoms with E-state index in [2.05, 4.69) is 0 Å². The van der Waals surface area contributed by atoms with Gasteiger partial charge in [0.25, 0.3) is 5.91 Å². The van der Waals surface area contributed by atoms with Gasteiger partial charge in [-0.1, -0.05) is 48.3 Å². The van der Waals surface area contributed by atoms with E-state index in [9.17, 15) is 14.4 Å². The largest absolute Gasteiger partial charge is 0.298 e. The third-order valence-corrected chi connectivity index (χ3v) is 5.97. The van der Waals surface area contributed by atoms with Gasteiger partial charge in [-0.3, -0.25) is 19.3 Å². The molecule has 6 heteroatoms. The van der Waals surface area contributed by atoms with Crippen LogP contribution in [0, 0.1) is 11.3 Å². The number of nitrogens with zero attached hydrogens (tertiary/aromatic N) is 1. The number of amides is 1. The fraction of sp³-hybridized carbons (Fsp3) is 0.286. The highest BCUT2D eigenvalue weighted by Gasteiger charge is 2.58. The summed E-state index contributed by atoms with van der Waals surface area (Å²) in [6.45, 7) is 1.86. The Labute approximate surface area is 167 Å². The van der Waals surface area contributed by atoms with Gasteiger partial charge in [-0.25, -0.2) is 0 Å². The first kappa shape index (κ1) is 18.2. The van der Waals surface area contributed by atoms with Crippen molar-refractivity contribution < 1.29 is 14.4 Å². The van der Waals surface area contributed by atoms with Crippen LogP contribution in [0.2, 0.25) is 10.0 Å². The molecule has 0 radical (unpaired) electrons. The van der Waals surface area contributed by atoms with Crippen LogP contribution in [0.25, 0.3) is 0 Å². The molecule has 27 heavy (non-hydrogen) atoms. The summed E-state index contributed by atoms with van der Waals surface area (Å²) in [4.78, 5) is 40.3. The second-order valence-corrected chi connectivity index (χ2v) is 8.29. The number of carbonyl (C=O) groups is 3. The van der Waals surface area contributed by atoms with Gasteiger partial charge in [0, 0.05) is 21.1 Å². The lowest BCUT2D eigenvalue weighted by Gasteiger charge is -2.28. The number of halogens is 2. The molecule has 1 saturated heterocycles. The van der Waals surface area contributed by atoms with Crippen LogP contribution in [0.5, 0.6) is 0 Å². The second-order valence-electron chi connectivity index (χ2n) is 7.42. The lowest BCUT2D eigenvalue weighted by Crippen LogP contribution is -2.33. The maximum atomic E-state index is 13.1. The van der Waals surface area contributed by atoms with Gasteiger partial charge in [0.05, 0.1) is 6.04 Å². The van der Waals surface area contributed by atoms with Gasteiger partial charge in [-0.05, 0) is 48.7 Å². The number of rotatable bonds is 4. The van der Waals surface area contributed by atoms with Crippen molar-refractivity contribution >= 4 is 46.4 Å². The number of anilines is 1. The molecule has 1 saturated carbocycles. The number of carbonyl (C=O) groups excluding carboxylic acids is 3. The first-order valence-electron chi connectivity index (χ1n) is 8.74. The molecule has 1 aliphatic carbocycles. The molecule has 0 spiro atoms. The second kappa shape index (κ2) is 6.47. The lowest BCUT2D eigenvalue weighted by molar-refractivity contribution is -0.140. The molecular formula is C21H17Cl2NO3. The zero-order valence-corrected chi connectivity index (χ0v) is 16.1. The molecule has 1 heterocycles. The van der Waals surface area contributed by atoms with Crippen molar-refractivity contribution in [2.24, 2.45) is 11.3 Å². The smallest absolute Gasteiger partial charge is 0.295 e. The first-order chi connectivity index (χ1) is 12.8. The molecule has 1 amide bonds. The normalized spacial score (nSPS) is 23.6. The van der Waals surface area contributed by atoms with E-state index in [0.29, 0.717) is 21.3 Å². The average Bonchev–Trinajstić information content (AvgIpc) is 3.34. The van der Waals surface area contributed by atoms with Crippen LogP contribution in [0.4, 0.5) is 5.69 Å². The highest BCUT2D eigenvalue weighted by Crippen LogP contribution is 2.52. The Morgan fingerprint density at radius 2 is 1.70 bits per heavy atom. The lowest BCUT2D eigenvalue weighted by atomic mass is 9.83. The minimum atomic E-state index is -1.02. The summed E-state index contributed by atoms with van der Waals surface area (Å²) in [6, 6.07) is 12.9. The molecule has 0 aromatic heterocycles. The third kappa shape index (κ3) is 3.07. The van der Waals surface area contributed by atoms with Crippen molar-refractivity contribution in [2.45, 2.75) is 25.8 Å². The van der Waals surface area contributed by atoms with E-state index in [-0.39, 0.29) is 5.78 Å². The molecule has 1 aliphatic heterocycles. The van der Waals surface area contributed by atoms with Gasteiger partial charge in [-0.2, -0.15) is 0 Å². The van der Waals surface area contributed by atoms with E-state index < -0.39 is 29.1 Å². The molecule has 4 nitrogen and oxygen atoms in total. The van der Waals surface area contributed by atoms with Gasteiger partial charge in [0.1, 0.15) is 5.92 Å². The standard InChI is InChI=1S/C21H17Cl2NO3/c1-21(9-10-21)19(26)16-17(12-5-7-13(22)8-6-12)24(20(27)18(16)25)15-4-2-3-14(23)11-15/h2-8,11,16-17H,9-10H2,1H3. The Morgan fingerprint density at radius 1 is 1.04 bits per heavy atom. The number of hydrogen-bond donors (Lipinski definition) is 0. The monoisotopic (exact) mass is 401 g/mol. The van der Waals surface area contributed by atoms with Gasteiger partial charge in [0.2, 0.25) is 5.78 Å². The van der Waals surface area contributed by atoms with E-state index in [1.807, 2.05) is 6.92 Å². The van der Waals surface area contributed by atoms with Crippen LogP contribution in [-0.2, 0) is 14.4 Å². The van der Waals surface area contributed by atoms with Gasteiger partial charge in [0.15, 0.2) is 5.78 Å². The summed E-state index contributed by atoms with van der Waals surface area (Å²) in [5.41, 5.74) is 0.675. The Morgan fingerprint density at radius 3 is 2.30 bits per heavy atom. The summed E-state index contributed by atoms with van der Waals surface area (Å²) in [5, 5.41) is 0.993. The van der Waals surface area contributed by atoms with E-state index in [1.54, 1.807) is 48.5 Å². The quantitative estimate of drug-likeness (QED) is 0.553. The topological polar surface area (TPSA) is 54.5 Å². The van der Waals surface area contributed by atoms with Gasteiger partial charge in [-0.15, -0.1) is 0 Å². The van der Waals surface area contributed by atoms with Crippen LogP contribution in [-0.4, -0.2) is 17.5 Å². The zero-order valence-electron chi connectivity index (χ0n) is 14.6. The van der Waals surface area contributed by atoms with Gasteiger partial charge >= 0.3 is 0 Å². The van der Waals surface area contributed by atoms with E-state index in [0.717, 1.165) is 12.8 Å². The molecule has 2 unspecified atom stereocenters.